The van der Waals surface area contributed by atoms with Crippen LogP contribution < -0.4 is 5.73 Å². The summed E-state index contributed by atoms with van der Waals surface area (Å²) in [5.74, 6) is 0.171. The second-order valence-electron chi connectivity index (χ2n) is 5.92. The molecule has 0 bridgehead atoms. The maximum atomic E-state index is 12.6. The highest BCUT2D eigenvalue weighted by Crippen LogP contribution is 2.26. The maximum absolute atomic E-state index is 12.6. The number of methoxy groups -OCH3 is 1. The van der Waals surface area contributed by atoms with Crippen molar-refractivity contribution in [3.63, 3.8) is 0 Å². The molecule has 2 fully saturated rings. The van der Waals surface area contributed by atoms with E-state index in [0.717, 1.165) is 38.8 Å². The zero-order valence-electron chi connectivity index (χ0n) is 12.6. The quantitative estimate of drug-likeness (QED) is 0.765. The molecule has 0 spiro atoms. The monoisotopic (exact) mass is 284 g/mol. The zero-order valence-corrected chi connectivity index (χ0v) is 12.6. The number of hydrogen-bond acceptors (Lipinski definition) is 4. The number of nitrogens with two attached hydrogens (primary N) is 1. The average molecular weight is 284 g/mol. The number of amides is 1. The Bertz CT molecular complexity index is 295. The third kappa shape index (κ3) is 4.17. The van der Waals surface area contributed by atoms with Crippen LogP contribution in [0.5, 0.6) is 0 Å². The van der Waals surface area contributed by atoms with E-state index in [-0.39, 0.29) is 18.1 Å². The minimum Gasteiger partial charge on any atom is -0.380 e. The highest BCUT2D eigenvalue weighted by molar-refractivity contribution is 5.77. The summed E-state index contributed by atoms with van der Waals surface area (Å²) in [4.78, 5) is 14.6. The van der Waals surface area contributed by atoms with Crippen LogP contribution in [-0.4, -0.2) is 55.9 Å². The van der Waals surface area contributed by atoms with Gasteiger partial charge in [-0.2, -0.15) is 0 Å². The topological polar surface area (TPSA) is 64.8 Å². The van der Waals surface area contributed by atoms with Crippen molar-refractivity contribution >= 4 is 5.91 Å². The van der Waals surface area contributed by atoms with Crippen molar-refractivity contribution in [2.45, 2.75) is 63.2 Å². The highest BCUT2D eigenvalue weighted by atomic mass is 16.5. The van der Waals surface area contributed by atoms with Gasteiger partial charge in [0.05, 0.1) is 18.6 Å². The van der Waals surface area contributed by atoms with Gasteiger partial charge in [0.25, 0.3) is 0 Å². The summed E-state index contributed by atoms with van der Waals surface area (Å²) >= 11 is 0. The molecule has 0 aromatic carbocycles. The lowest BCUT2D eigenvalue weighted by Crippen LogP contribution is -2.45. The van der Waals surface area contributed by atoms with E-state index in [4.69, 9.17) is 15.2 Å². The van der Waals surface area contributed by atoms with E-state index in [1.165, 1.54) is 12.8 Å². The fraction of sp³-hybridized carbons (Fsp3) is 0.933. The molecule has 2 aliphatic rings. The third-order valence-corrected chi connectivity index (χ3v) is 4.51. The van der Waals surface area contributed by atoms with Gasteiger partial charge in [-0.05, 0) is 25.7 Å². The maximum Gasteiger partial charge on any atom is 0.225 e. The van der Waals surface area contributed by atoms with Crippen molar-refractivity contribution in [3.8, 4) is 0 Å². The molecule has 2 unspecified atom stereocenters. The Kier molecular flexibility index (Phi) is 6.26. The number of rotatable bonds is 7. The molecule has 1 amide bonds. The molecule has 1 saturated carbocycles. The zero-order chi connectivity index (χ0) is 14.4. The van der Waals surface area contributed by atoms with Gasteiger partial charge < -0.3 is 20.1 Å². The first-order valence-electron chi connectivity index (χ1n) is 7.88. The lowest BCUT2D eigenvalue weighted by molar-refractivity contribution is -0.137. The van der Waals surface area contributed by atoms with Gasteiger partial charge in [-0.1, -0.05) is 12.8 Å². The Morgan fingerprint density at radius 3 is 2.65 bits per heavy atom. The third-order valence-electron chi connectivity index (χ3n) is 4.51. The summed E-state index contributed by atoms with van der Waals surface area (Å²) in [6.07, 6.45) is 7.32. The standard InChI is InChI=1S/C15H28N2O3/c1-19-14(10-16)9-15(18)17(12-5-2-3-6-12)11-13-7-4-8-20-13/h12-14H,2-11,16H2,1H3. The largest absolute Gasteiger partial charge is 0.380 e. The Labute approximate surface area is 121 Å². The molecular weight excluding hydrogens is 256 g/mol. The SMILES string of the molecule is COC(CN)CC(=O)N(CC1CCCO1)C1CCCC1. The molecule has 0 aromatic rings. The fourth-order valence-electron chi connectivity index (χ4n) is 3.25. The Hall–Kier alpha value is -0.650. The van der Waals surface area contributed by atoms with Gasteiger partial charge in [-0.25, -0.2) is 0 Å². The molecule has 0 radical (unpaired) electrons. The van der Waals surface area contributed by atoms with Gasteiger partial charge in [0, 0.05) is 32.8 Å². The molecule has 2 N–H and O–H groups in total. The molecule has 5 nitrogen and oxygen atoms in total. The summed E-state index contributed by atoms with van der Waals surface area (Å²) in [7, 11) is 1.62. The fourth-order valence-corrected chi connectivity index (χ4v) is 3.25. The first-order valence-corrected chi connectivity index (χ1v) is 7.88. The first-order chi connectivity index (χ1) is 9.74. The van der Waals surface area contributed by atoms with Crippen LogP contribution >= 0.6 is 0 Å². The van der Waals surface area contributed by atoms with E-state index in [9.17, 15) is 4.79 Å². The van der Waals surface area contributed by atoms with Crippen molar-refractivity contribution in [3.05, 3.63) is 0 Å². The van der Waals surface area contributed by atoms with Crippen molar-refractivity contribution in [2.24, 2.45) is 5.73 Å². The highest BCUT2D eigenvalue weighted by Gasteiger charge is 2.31. The summed E-state index contributed by atoms with van der Waals surface area (Å²) in [5, 5.41) is 0. The van der Waals surface area contributed by atoms with Gasteiger partial charge in [-0.15, -0.1) is 0 Å². The number of carbonyl (C=O) groups excluding carboxylic acids is 1. The number of hydrogen-bond donors (Lipinski definition) is 1. The molecule has 116 valence electrons. The molecule has 5 heteroatoms. The number of ether oxygens (including phenoxy) is 2. The molecule has 0 aromatic heterocycles. The Balaban J connectivity index is 1.94. The van der Waals surface area contributed by atoms with Crippen molar-refractivity contribution in [1.29, 1.82) is 0 Å². The van der Waals surface area contributed by atoms with E-state index in [1.54, 1.807) is 7.11 Å². The van der Waals surface area contributed by atoms with Crippen LogP contribution in [0, 0.1) is 0 Å². The van der Waals surface area contributed by atoms with Gasteiger partial charge in [0.1, 0.15) is 0 Å². The molecule has 1 aliphatic carbocycles. The van der Waals surface area contributed by atoms with Gasteiger partial charge >= 0.3 is 0 Å². The molecule has 1 heterocycles. The smallest absolute Gasteiger partial charge is 0.225 e. The summed E-state index contributed by atoms with van der Waals surface area (Å²) < 4.78 is 11.0. The van der Waals surface area contributed by atoms with Crippen LogP contribution in [0.2, 0.25) is 0 Å². The lowest BCUT2D eigenvalue weighted by Gasteiger charge is -2.32. The van der Waals surface area contributed by atoms with E-state index in [0.29, 0.717) is 19.0 Å². The number of carbonyl (C=O) groups is 1. The van der Waals surface area contributed by atoms with Crippen LogP contribution in [0.1, 0.15) is 44.9 Å². The average Bonchev–Trinajstić information content (AvgIpc) is 3.14. The van der Waals surface area contributed by atoms with Crippen LogP contribution in [-0.2, 0) is 14.3 Å². The van der Waals surface area contributed by atoms with E-state index >= 15 is 0 Å². The van der Waals surface area contributed by atoms with Gasteiger partial charge in [0.2, 0.25) is 5.91 Å². The first kappa shape index (κ1) is 15.7. The van der Waals surface area contributed by atoms with Crippen molar-refractivity contribution < 1.29 is 14.3 Å². The molecule has 2 atom stereocenters. The lowest BCUT2D eigenvalue weighted by atomic mass is 10.1. The van der Waals surface area contributed by atoms with E-state index in [1.807, 2.05) is 4.90 Å². The number of nitrogens with zero attached hydrogens (tertiary/aromatic N) is 1. The van der Waals surface area contributed by atoms with Crippen LogP contribution in [0.4, 0.5) is 0 Å². The van der Waals surface area contributed by atoms with Crippen molar-refractivity contribution in [1.82, 2.24) is 4.90 Å². The summed E-state index contributed by atoms with van der Waals surface area (Å²) in [6, 6.07) is 0.391. The normalized spacial score (nSPS) is 25.0. The van der Waals surface area contributed by atoms with Crippen molar-refractivity contribution in [2.75, 3.05) is 26.8 Å². The van der Waals surface area contributed by atoms with E-state index in [2.05, 4.69) is 0 Å². The Morgan fingerprint density at radius 1 is 1.35 bits per heavy atom. The molecule has 1 aliphatic heterocycles. The summed E-state index contributed by atoms with van der Waals surface area (Å²) in [5.41, 5.74) is 5.63. The molecule has 1 saturated heterocycles. The van der Waals surface area contributed by atoms with Crippen LogP contribution in [0.15, 0.2) is 0 Å². The minimum atomic E-state index is -0.170. The van der Waals surface area contributed by atoms with Gasteiger partial charge in [0.15, 0.2) is 0 Å². The van der Waals surface area contributed by atoms with Crippen LogP contribution in [0.25, 0.3) is 0 Å². The second-order valence-corrected chi connectivity index (χ2v) is 5.92. The summed E-state index contributed by atoms with van der Waals surface area (Å²) in [6.45, 7) is 1.96. The second kappa shape index (κ2) is 7.96. The molecular formula is C15H28N2O3. The molecule has 2 rings (SSSR count). The van der Waals surface area contributed by atoms with E-state index < -0.39 is 0 Å². The Morgan fingerprint density at radius 2 is 2.10 bits per heavy atom. The predicted molar refractivity (Wildman–Crippen MR) is 77.4 cm³/mol. The molecule has 20 heavy (non-hydrogen) atoms. The van der Waals surface area contributed by atoms with Crippen LogP contribution in [0.3, 0.4) is 0 Å². The predicted octanol–water partition coefficient (Wildman–Crippen LogP) is 1.30. The van der Waals surface area contributed by atoms with Gasteiger partial charge in [-0.3, -0.25) is 4.79 Å². The minimum absolute atomic E-state index is 0.170.